The van der Waals surface area contributed by atoms with Crippen molar-refractivity contribution in [1.29, 1.82) is 0 Å². The number of hydrogen-bond acceptors (Lipinski definition) is 6. The van der Waals surface area contributed by atoms with Gasteiger partial charge in [0.25, 0.3) is 0 Å². The van der Waals surface area contributed by atoms with E-state index in [0.717, 1.165) is 31.0 Å². The van der Waals surface area contributed by atoms with Crippen LogP contribution in [0.4, 0.5) is 0 Å². The number of ketones is 1. The van der Waals surface area contributed by atoms with E-state index >= 15 is 0 Å². The van der Waals surface area contributed by atoms with Crippen molar-refractivity contribution in [1.82, 2.24) is 4.90 Å². The number of nitrogens with zero attached hydrogens (tertiary/aromatic N) is 1. The van der Waals surface area contributed by atoms with Crippen LogP contribution in [-0.2, 0) is 19.2 Å². The van der Waals surface area contributed by atoms with Crippen molar-refractivity contribution < 1.29 is 24.3 Å². The molecule has 0 aromatic carbocycles. The molecule has 7 nitrogen and oxygen atoms in total. The first kappa shape index (κ1) is 25.8. The number of aldehydes is 1. The molecule has 0 aliphatic rings. The van der Waals surface area contributed by atoms with Gasteiger partial charge >= 0.3 is 5.97 Å². The lowest BCUT2D eigenvalue weighted by atomic mass is 10.1. The highest BCUT2D eigenvalue weighted by molar-refractivity contribution is 8.00. The molecule has 0 aromatic rings. The fourth-order valence-corrected chi connectivity index (χ4v) is 2.73. The molecule has 0 radical (unpaired) electrons. The number of carbonyl (C=O) groups is 4. The summed E-state index contributed by atoms with van der Waals surface area (Å²) in [7, 11) is 1.67. The van der Waals surface area contributed by atoms with Gasteiger partial charge in [0, 0.05) is 32.2 Å². The van der Waals surface area contributed by atoms with Crippen molar-refractivity contribution >= 4 is 35.7 Å². The molecular formula is C17H32N2O5S. The molecule has 3 N–H and O–H groups in total. The summed E-state index contributed by atoms with van der Waals surface area (Å²) >= 11 is 1.08. The van der Waals surface area contributed by atoms with E-state index in [1.54, 1.807) is 18.9 Å². The van der Waals surface area contributed by atoms with E-state index in [0.29, 0.717) is 19.3 Å². The van der Waals surface area contributed by atoms with Crippen molar-refractivity contribution in [3.8, 4) is 0 Å². The van der Waals surface area contributed by atoms with Gasteiger partial charge in [0.05, 0.1) is 5.25 Å². The number of carbonyl (C=O) groups excluding carboxylic acids is 3. The zero-order valence-electron chi connectivity index (χ0n) is 15.7. The molecule has 146 valence electrons. The van der Waals surface area contributed by atoms with Crippen LogP contribution in [-0.4, -0.2) is 64.6 Å². The van der Waals surface area contributed by atoms with Gasteiger partial charge < -0.3 is 25.3 Å². The molecule has 0 fully saturated rings. The van der Waals surface area contributed by atoms with E-state index in [9.17, 15) is 19.2 Å². The smallest absolute Gasteiger partial charge is 0.321 e. The molecule has 0 spiro atoms. The SMILES string of the molecule is CC.CC(=O)CCCCCN(C)C(=O)CC(C=O)SCC(N)C(=O)O. The highest BCUT2D eigenvalue weighted by Crippen LogP contribution is 2.15. The zero-order valence-corrected chi connectivity index (χ0v) is 16.5. The minimum atomic E-state index is -1.13. The summed E-state index contributed by atoms with van der Waals surface area (Å²) in [5.74, 6) is -1.04. The lowest BCUT2D eigenvalue weighted by Gasteiger charge is -2.19. The average molecular weight is 377 g/mol. The van der Waals surface area contributed by atoms with Gasteiger partial charge in [-0.2, -0.15) is 0 Å². The lowest BCUT2D eigenvalue weighted by molar-refractivity contribution is -0.138. The molecule has 8 heteroatoms. The van der Waals surface area contributed by atoms with Crippen molar-refractivity contribution in [2.45, 2.75) is 64.2 Å². The van der Waals surface area contributed by atoms with E-state index in [-0.39, 0.29) is 23.9 Å². The first-order valence-corrected chi connectivity index (χ1v) is 9.61. The minimum Gasteiger partial charge on any atom is -0.480 e. The number of carboxylic acids is 1. The monoisotopic (exact) mass is 376 g/mol. The third-order valence-corrected chi connectivity index (χ3v) is 4.54. The summed E-state index contributed by atoms with van der Waals surface area (Å²) in [5, 5.41) is 8.10. The summed E-state index contributed by atoms with van der Waals surface area (Å²) in [6.45, 7) is 6.13. The summed E-state index contributed by atoms with van der Waals surface area (Å²) in [5.41, 5.74) is 5.37. The van der Waals surface area contributed by atoms with Crippen molar-refractivity contribution in [3.63, 3.8) is 0 Å². The van der Waals surface area contributed by atoms with E-state index in [1.165, 1.54) is 0 Å². The Kier molecular flexibility index (Phi) is 16.6. The Balaban J connectivity index is 0. The van der Waals surface area contributed by atoms with Crippen LogP contribution in [0.3, 0.4) is 0 Å². The molecule has 25 heavy (non-hydrogen) atoms. The fraction of sp³-hybridized carbons (Fsp3) is 0.765. The normalized spacial score (nSPS) is 12.4. The maximum atomic E-state index is 12.0. The third-order valence-electron chi connectivity index (χ3n) is 3.28. The van der Waals surface area contributed by atoms with Crippen LogP contribution in [0.25, 0.3) is 0 Å². The van der Waals surface area contributed by atoms with Gasteiger partial charge in [-0.3, -0.25) is 9.59 Å². The van der Waals surface area contributed by atoms with Gasteiger partial charge in [-0.25, -0.2) is 0 Å². The Morgan fingerprint density at radius 1 is 1.20 bits per heavy atom. The van der Waals surface area contributed by atoms with Crippen molar-refractivity contribution in [2.24, 2.45) is 5.73 Å². The van der Waals surface area contributed by atoms with Crippen LogP contribution in [0.2, 0.25) is 0 Å². The first-order chi connectivity index (χ1) is 11.8. The molecule has 0 heterocycles. The van der Waals surface area contributed by atoms with Gasteiger partial charge in [-0.05, 0) is 19.8 Å². The van der Waals surface area contributed by atoms with Crippen LogP contribution in [0.5, 0.6) is 0 Å². The molecule has 0 rings (SSSR count). The molecule has 0 saturated carbocycles. The van der Waals surface area contributed by atoms with Gasteiger partial charge in [-0.15, -0.1) is 11.8 Å². The van der Waals surface area contributed by atoms with Crippen LogP contribution >= 0.6 is 11.8 Å². The van der Waals surface area contributed by atoms with E-state index < -0.39 is 17.3 Å². The Morgan fingerprint density at radius 3 is 2.28 bits per heavy atom. The summed E-state index contributed by atoms with van der Waals surface area (Å²) in [4.78, 5) is 46.0. The number of nitrogens with two attached hydrogens (primary N) is 1. The van der Waals surface area contributed by atoms with Crippen LogP contribution < -0.4 is 5.73 Å². The second-order valence-corrected chi connectivity index (χ2v) is 6.76. The van der Waals surface area contributed by atoms with Crippen molar-refractivity contribution in [3.05, 3.63) is 0 Å². The van der Waals surface area contributed by atoms with E-state index in [1.807, 2.05) is 13.8 Å². The Morgan fingerprint density at radius 2 is 1.80 bits per heavy atom. The zero-order chi connectivity index (χ0) is 19.8. The number of hydrogen-bond donors (Lipinski definition) is 2. The molecular weight excluding hydrogens is 344 g/mol. The number of aliphatic carboxylic acids is 1. The number of carboxylic acid groups (broad SMARTS) is 1. The molecule has 1 amide bonds. The third kappa shape index (κ3) is 14.6. The number of amides is 1. The topological polar surface area (TPSA) is 118 Å². The van der Waals surface area contributed by atoms with Gasteiger partial charge in [0.2, 0.25) is 5.91 Å². The fourth-order valence-electron chi connectivity index (χ4n) is 1.80. The van der Waals surface area contributed by atoms with E-state index in [4.69, 9.17) is 10.8 Å². The Labute approximate surface area is 154 Å². The van der Waals surface area contributed by atoms with Crippen LogP contribution in [0.15, 0.2) is 0 Å². The quantitative estimate of drug-likeness (QED) is 0.371. The summed E-state index contributed by atoms with van der Waals surface area (Å²) in [6, 6.07) is -1.04. The second-order valence-electron chi connectivity index (χ2n) is 5.48. The van der Waals surface area contributed by atoms with Gasteiger partial charge in [0.15, 0.2) is 0 Å². The number of Topliss-reactive ketones (excluding diaryl/α,β-unsaturated/α-hetero) is 1. The Bertz CT molecular complexity index is 418. The predicted octanol–water partition coefficient (Wildman–Crippen LogP) is 1.72. The predicted molar refractivity (Wildman–Crippen MR) is 101 cm³/mol. The molecule has 0 bridgehead atoms. The number of thioether (sulfide) groups is 1. The lowest BCUT2D eigenvalue weighted by Crippen LogP contribution is -2.34. The molecule has 0 saturated heterocycles. The standard InChI is InChI=1S/C15H26N2O5S.C2H6/c1-11(19)6-4-3-5-7-17(2)14(20)8-12(9-18)23-10-13(16)15(21)22;1-2/h9,12-13H,3-8,10,16H2,1-2H3,(H,21,22);1-2H3. The maximum Gasteiger partial charge on any atom is 0.321 e. The maximum absolute atomic E-state index is 12.0. The average Bonchev–Trinajstić information content (AvgIpc) is 2.58. The highest BCUT2D eigenvalue weighted by atomic mass is 32.2. The molecule has 0 aromatic heterocycles. The van der Waals surface area contributed by atoms with Crippen LogP contribution in [0, 0.1) is 0 Å². The largest absolute Gasteiger partial charge is 0.480 e. The Hall–Kier alpha value is -1.41. The molecule has 2 unspecified atom stereocenters. The summed E-state index contributed by atoms with van der Waals surface area (Å²) in [6.07, 6.45) is 3.74. The first-order valence-electron chi connectivity index (χ1n) is 8.56. The number of unbranched alkanes of at least 4 members (excludes halogenated alkanes) is 2. The van der Waals surface area contributed by atoms with Crippen LogP contribution in [0.1, 0.15) is 52.9 Å². The summed E-state index contributed by atoms with van der Waals surface area (Å²) < 4.78 is 0. The van der Waals surface area contributed by atoms with E-state index in [2.05, 4.69) is 0 Å². The number of rotatable bonds is 13. The highest BCUT2D eigenvalue weighted by Gasteiger charge is 2.19. The minimum absolute atomic E-state index is 0.0322. The van der Waals surface area contributed by atoms with Crippen molar-refractivity contribution in [2.75, 3.05) is 19.3 Å². The molecule has 0 aliphatic heterocycles. The molecule has 0 aliphatic carbocycles. The van der Waals surface area contributed by atoms with Gasteiger partial charge in [-0.1, -0.05) is 20.3 Å². The van der Waals surface area contributed by atoms with Gasteiger partial charge in [0.1, 0.15) is 18.1 Å². The molecule has 2 atom stereocenters. The second kappa shape index (κ2) is 16.1.